The minimum absolute atomic E-state index is 0.367. The zero-order valence-electron chi connectivity index (χ0n) is 8.16. The molecule has 0 aliphatic carbocycles. The molecule has 1 N–H and O–H groups in total. The van der Waals surface area contributed by atoms with Crippen LogP contribution >= 0.6 is 22.9 Å². The van der Waals surface area contributed by atoms with Gasteiger partial charge >= 0.3 is 0 Å². The summed E-state index contributed by atoms with van der Waals surface area (Å²) in [6.45, 7) is 0.897. The molecule has 0 unspecified atom stereocenters. The van der Waals surface area contributed by atoms with Crippen molar-refractivity contribution in [3.05, 3.63) is 22.6 Å². The lowest BCUT2D eigenvalue weighted by atomic mass is 10.4. The SMILES string of the molecule is CNCCc1nnc(-c2ccoc2Cl)s1. The van der Waals surface area contributed by atoms with Crippen LogP contribution in [0, 0.1) is 0 Å². The number of nitrogens with one attached hydrogen (secondary N) is 1. The lowest BCUT2D eigenvalue weighted by molar-refractivity contribution is 0.570. The van der Waals surface area contributed by atoms with Crippen LogP contribution in [-0.2, 0) is 6.42 Å². The highest BCUT2D eigenvalue weighted by Gasteiger charge is 2.11. The van der Waals surface area contributed by atoms with Crippen LogP contribution in [0.3, 0.4) is 0 Å². The quantitative estimate of drug-likeness (QED) is 0.895. The fourth-order valence-corrected chi connectivity index (χ4v) is 2.26. The Labute approximate surface area is 96.3 Å². The Morgan fingerprint density at radius 2 is 2.40 bits per heavy atom. The van der Waals surface area contributed by atoms with E-state index in [1.54, 1.807) is 12.3 Å². The maximum absolute atomic E-state index is 5.85. The van der Waals surface area contributed by atoms with Gasteiger partial charge in [-0.1, -0.05) is 11.3 Å². The highest BCUT2D eigenvalue weighted by atomic mass is 35.5. The number of hydrogen-bond donors (Lipinski definition) is 1. The molecule has 2 aromatic heterocycles. The highest BCUT2D eigenvalue weighted by molar-refractivity contribution is 7.14. The van der Waals surface area contributed by atoms with E-state index >= 15 is 0 Å². The zero-order valence-corrected chi connectivity index (χ0v) is 9.73. The van der Waals surface area contributed by atoms with Crippen molar-refractivity contribution in [3.8, 4) is 10.6 Å². The number of rotatable bonds is 4. The van der Waals surface area contributed by atoms with Crippen molar-refractivity contribution in [2.45, 2.75) is 6.42 Å². The lowest BCUT2D eigenvalue weighted by Crippen LogP contribution is -2.09. The molecule has 0 saturated carbocycles. The minimum Gasteiger partial charge on any atom is -0.452 e. The van der Waals surface area contributed by atoms with Crippen molar-refractivity contribution in [3.63, 3.8) is 0 Å². The van der Waals surface area contributed by atoms with Gasteiger partial charge in [-0.25, -0.2) is 0 Å². The summed E-state index contributed by atoms with van der Waals surface area (Å²) in [5.74, 6) is 0. The first-order valence-electron chi connectivity index (χ1n) is 4.51. The predicted octanol–water partition coefficient (Wildman–Crippen LogP) is 2.21. The van der Waals surface area contributed by atoms with E-state index in [-0.39, 0.29) is 0 Å². The number of hydrogen-bond acceptors (Lipinski definition) is 5. The molecule has 0 bridgehead atoms. The van der Waals surface area contributed by atoms with E-state index in [4.69, 9.17) is 16.0 Å². The molecule has 0 amide bonds. The summed E-state index contributed by atoms with van der Waals surface area (Å²) in [5, 5.41) is 13.4. The monoisotopic (exact) mass is 243 g/mol. The molecule has 0 aromatic carbocycles. The summed E-state index contributed by atoms with van der Waals surface area (Å²) in [7, 11) is 1.91. The maximum Gasteiger partial charge on any atom is 0.203 e. The third-order valence-electron chi connectivity index (χ3n) is 1.90. The minimum atomic E-state index is 0.367. The van der Waals surface area contributed by atoms with Crippen LogP contribution in [0.2, 0.25) is 5.22 Å². The van der Waals surface area contributed by atoms with Gasteiger partial charge in [-0.15, -0.1) is 10.2 Å². The van der Waals surface area contributed by atoms with Crippen LogP contribution < -0.4 is 5.32 Å². The summed E-state index contributed by atoms with van der Waals surface area (Å²) >= 11 is 7.39. The Morgan fingerprint density at radius 3 is 3.07 bits per heavy atom. The molecule has 0 aliphatic rings. The Balaban J connectivity index is 2.17. The standard InChI is InChI=1S/C9H10ClN3OS/c1-11-4-2-7-12-13-9(15-7)6-3-5-14-8(6)10/h3,5,11H,2,4H2,1H3. The molecule has 6 heteroatoms. The summed E-state index contributed by atoms with van der Waals surface area (Å²) in [6.07, 6.45) is 2.43. The molecule has 0 atom stereocenters. The van der Waals surface area contributed by atoms with Gasteiger partial charge in [0, 0.05) is 13.0 Å². The second-order valence-corrected chi connectivity index (χ2v) is 4.37. The Hall–Kier alpha value is -0.910. The fraction of sp³-hybridized carbons (Fsp3) is 0.333. The fourth-order valence-electron chi connectivity index (χ4n) is 1.14. The number of furan rings is 1. The first kappa shape index (κ1) is 10.6. The molecular weight excluding hydrogens is 234 g/mol. The molecule has 80 valence electrons. The van der Waals surface area contributed by atoms with Gasteiger partial charge in [0.05, 0.1) is 11.8 Å². The first-order valence-corrected chi connectivity index (χ1v) is 5.71. The van der Waals surface area contributed by atoms with Crippen molar-refractivity contribution in [1.29, 1.82) is 0 Å². The van der Waals surface area contributed by atoms with Gasteiger partial charge in [0.15, 0.2) is 5.01 Å². The van der Waals surface area contributed by atoms with Crippen LogP contribution in [0.25, 0.3) is 10.6 Å². The molecule has 0 radical (unpaired) electrons. The van der Waals surface area contributed by atoms with Gasteiger partial charge in [-0.3, -0.25) is 0 Å². The van der Waals surface area contributed by atoms with E-state index < -0.39 is 0 Å². The van der Waals surface area contributed by atoms with Crippen LogP contribution in [-0.4, -0.2) is 23.8 Å². The van der Waals surface area contributed by atoms with E-state index in [0.717, 1.165) is 28.5 Å². The molecule has 2 rings (SSSR count). The van der Waals surface area contributed by atoms with E-state index in [1.807, 2.05) is 7.05 Å². The third-order valence-corrected chi connectivity index (χ3v) is 3.21. The molecular formula is C9H10ClN3OS. The predicted molar refractivity (Wildman–Crippen MR) is 60.3 cm³/mol. The highest BCUT2D eigenvalue weighted by Crippen LogP contribution is 2.30. The molecule has 0 saturated heterocycles. The van der Waals surface area contributed by atoms with Gasteiger partial charge in [-0.2, -0.15) is 0 Å². The molecule has 0 fully saturated rings. The smallest absolute Gasteiger partial charge is 0.203 e. The zero-order chi connectivity index (χ0) is 10.7. The summed E-state index contributed by atoms with van der Waals surface area (Å²) < 4.78 is 5.00. The molecule has 0 spiro atoms. The second kappa shape index (κ2) is 4.74. The van der Waals surface area contributed by atoms with Crippen molar-refractivity contribution in [2.24, 2.45) is 0 Å². The van der Waals surface area contributed by atoms with E-state index in [2.05, 4.69) is 15.5 Å². The molecule has 0 aliphatic heterocycles. The lowest BCUT2D eigenvalue weighted by Gasteiger charge is -1.91. The summed E-state index contributed by atoms with van der Waals surface area (Å²) in [6, 6.07) is 1.80. The van der Waals surface area contributed by atoms with Gasteiger partial charge in [0.1, 0.15) is 5.01 Å². The average molecular weight is 244 g/mol. The van der Waals surface area contributed by atoms with Crippen molar-refractivity contribution < 1.29 is 4.42 Å². The first-order chi connectivity index (χ1) is 7.31. The molecule has 15 heavy (non-hydrogen) atoms. The van der Waals surface area contributed by atoms with Crippen molar-refractivity contribution >= 4 is 22.9 Å². The van der Waals surface area contributed by atoms with Gasteiger partial charge in [-0.05, 0) is 24.7 Å². The second-order valence-electron chi connectivity index (χ2n) is 2.96. The van der Waals surface area contributed by atoms with Gasteiger partial charge in [0.25, 0.3) is 0 Å². The largest absolute Gasteiger partial charge is 0.452 e. The maximum atomic E-state index is 5.85. The number of halogens is 1. The van der Waals surface area contributed by atoms with Crippen LogP contribution in [0.15, 0.2) is 16.7 Å². The topological polar surface area (TPSA) is 51.0 Å². The van der Waals surface area contributed by atoms with Gasteiger partial charge < -0.3 is 9.73 Å². The number of aromatic nitrogens is 2. The van der Waals surface area contributed by atoms with E-state index in [1.165, 1.54) is 11.3 Å². The van der Waals surface area contributed by atoms with Crippen LogP contribution in [0.5, 0.6) is 0 Å². The molecule has 2 heterocycles. The molecule has 4 nitrogen and oxygen atoms in total. The van der Waals surface area contributed by atoms with Crippen LogP contribution in [0.1, 0.15) is 5.01 Å². The molecule has 2 aromatic rings. The van der Waals surface area contributed by atoms with Crippen molar-refractivity contribution in [1.82, 2.24) is 15.5 Å². The average Bonchev–Trinajstić information content (AvgIpc) is 2.83. The number of likely N-dealkylation sites (N-methyl/N-ethyl adjacent to an activating group) is 1. The van der Waals surface area contributed by atoms with E-state index in [0.29, 0.717) is 5.22 Å². The van der Waals surface area contributed by atoms with Gasteiger partial charge in [0.2, 0.25) is 5.22 Å². The Morgan fingerprint density at radius 1 is 1.53 bits per heavy atom. The Kier molecular flexibility index (Phi) is 3.35. The number of nitrogens with zero attached hydrogens (tertiary/aromatic N) is 2. The third kappa shape index (κ3) is 2.37. The van der Waals surface area contributed by atoms with Crippen molar-refractivity contribution in [2.75, 3.05) is 13.6 Å². The van der Waals surface area contributed by atoms with E-state index in [9.17, 15) is 0 Å². The van der Waals surface area contributed by atoms with Crippen LogP contribution in [0.4, 0.5) is 0 Å². The summed E-state index contributed by atoms with van der Waals surface area (Å²) in [5.41, 5.74) is 0.810. The Bertz CT molecular complexity index is 440. The normalized spacial score (nSPS) is 10.8. The summed E-state index contributed by atoms with van der Waals surface area (Å²) in [4.78, 5) is 0.